The zero-order chi connectivity index (χ0) is 13.7. The number of nitrogens with one attached hydrogen (secondary N) is 1. The van der Waals surface area contributed by atoms with Crippen LogP contribution in [0.1, 0.15) is 23.7 Å². The van der Waals surface area contributed by atoms with Crippen LogP contribution >= 0.6 is 11.8 Å². The maximum absolute atomic E-state index is 11.8. The average Bonchev–Trinajstić information content (AvgIpc) is 2.47. The first-order valence-electron chi connectivity index (χ1n) is 6.16. The Morgan fingerprint density at radius 2 is 1.58 bits per heavy atom. The molecule has 1 N–H and O–H groups in total. The fourth-order valence-corrected chi connectivity index (χ4v) is 2.47. The predicted molar refractivity (Wildman–Crippen MR) is 79.4 cm³/mol. The number of hydrogen-bond donors (Lipinski definition) is 1. The molecule has 0 heterocycles. The van der Waals surface area contributed by atoms with Gasteiger partial charge in [0.2, 0.25) is 5.78 Å². The van der Waals surface area contributed by atoms with E-state index in [9.17, 15) is 4.79 Å². The lowest BCUT2D eigenvalue weighted by Gasteiger charge is -2.04. The number of ketones is 1. The van der Waals surface area contributed by atoms with Crippen molar-refractivity contribution in [3.63, 3.8) is 0 Å². The molecule has 0 bridgehead atoms. The molecule has 0 aliphatic carbocycles. The van der Waals surface area contributed by atoms with Gasteiger partial charge in [-0.1, -0.05) is 36.9 Å². The molecular formula is C16H15NOS. The molecule has 96 valence electrons. The quantitative estimate of drug-likeness (QED) is 0.643. The monoisotopic (exact) mass is 269 g/mol. The first-order chi connectivity index (χ1) is 9.20. The summed E-state index contributed by atoms with van der Waals surface area (Å²) in [5.41, 5.74) is 0.743. The van der Waals surface area contributed by atoms with E-state index >= 15 is 0 Å². The highest BCUT2D eigenvalue weighted by molar-refractivity contribution is 7.99. The number of hydrogen-bond acceptors (Lipinski definition) is 3. The van der Waals surface area contributed by atoms with E-state index in [-0.39, 0.29) is 11.5 Å². The molecule has 0 saturated heterocycles. The Balaban J connectivity index is 2.11. The lowest BCUT2D eigenvalue weighted by Crippen LogP contribution is -2.11. The Morgan fingerprint density at radius 1 is 1.00 bits per heavy atom. The minimum Gasteiger partial charge on any atom is -0.301 e. The summed E-state index contributed by atoms with van der Waals surface area (Å²) in [5, 5.41) is 7.56. The molecule has 0 unspecified atom stereocenters. The van der Waals surface area contributed by atoms with E-state index in [0.717, 1.165) is 4.90 Å². The van der Waals surface area contributed by atoms with Gasteiger partial charge in [-0.25, -0.2) is 0 Å². The van der Waals surface area contributed by atoms with E-state index in [1.807, 2.05) is 37.3 Å². The molecule has 2 rings (SSSR count). The summed E-state index contributed by atoms with van der Waals surface area (Å²) in [5.74, 6) is -0.182. The Morgan fingerprint density at radius 3 is 2.16 bits per heavy atom. The molecule has 3 heteroatoms. The van der Waals surface area contributed by atoms with Crippen LogP contribution in [0.3, 0.4) is 0 Å². The third-order valence-corrected chi connectivity index (χ3v) is 3.74. The van der Waals surface area contributed by atoms with Crippen molar-refractivity contribution < 1.29 is 4.79 Å². The third kappa shape index (κ3) is 3.55. The number of Topliss-reactive ketones (excluding diaryl/α,β-unsaturated/α-hetero) is 1. The molecule has 0 aliphatic rings. The molecule has 2 nitrogen and oxygen atoms in total. The van der Waals surface area contributed by atoms with Crippen LogP contribution in [0.25, 0.3) is 0 Å². The van der Waals surface area contributed by atoms with Crippen molar-refractivity contribution in [3.8, 4) is 0 Å². The van der Waals surface area contributed by atoms with Crippen LogP contribution < -0.4 is 0 Å². The maximum atomic E-state index is 11.8. The van der Waals surface area contributed by atoms with Gasteiger partial charge in [-0.3, -0.25) is 4.79 Å². The average molecular weight is 269 g/mol. The Kier molecular flexibility index (Phi) is 4.53. The summed E-state index contributed by atoms with van der Waals surface area (Å²) >= 11 is 1.66. The maximum Gasteiger partial charge on any atom is 0.206 e. The van der Waals surface area contributed by atoms with Crippen LogP contribution in [0.15, 0.2) is 64.4 Å². The molecule has 2 aromatic rings. The van der Waals surface area contributed by atoms with Gasteiger partial charge in [0.05, 0.1) is 5.71 Å². The van der Waals surface area contributed by atoms with Gasteiger partial charge in [0, 0.05) is 15.4 Å². The molecule has 0 atom stereocenters. The Labute approximate surface area is 117 Å². The molecule has 0 fully saturated rings. The summed E-state index contributed by atoms with van der Waals surface area (Å²) in [7, 11) is 0. The topological polar surface area (TPSA) is 40.9 Å². The van der Waals surface area contributed by atoms with Crippen LogP contribution in [0.4, 0.5) is 0 Å². The highest BCUT2D eigenvalue weighted by Gasteiger charge is 2.10. The predicted octanol–water partition coefficient (Wildman–Crippen LogP) is 4.45. The number of carbonyl (C=O) groups is 1. The molecule has 2 aromatic carbocycles. The van der Waals surface area contributed by atoms with Crippen LogP contribution in [0, 0.1) is 5.41 Å². The van der Waals surface area contributed by atoms with Crippen LogP contribution in [-0.2, 0) is 0 Å². The van der Waals surface area contributed by atoms with E-state index < -0.39 is 0 Å². The third-order valence-electron chi connectivity index (χ3n) is 2.72. The molecular weight excluding hydrogens is 254 g/mol. The lowest BCUT2D eigenvalue weighted by atomic mass is 10.1. The molecule has 19 heavy (non-hydrogen) atoms. The minimum atomic E-state index is -0.182. The Hall–Kier alpha value is -1.87. The van der Waals surface area contributed by atoms with Gasteiger partial charge in [-0.2, -0.15) is 0 Å². The van der Waals surface area contributed by atoms with E-state index in [2.05, 4.69) is 12.1 Å². The van der Waals surface area contributed by atoms with Crippen molar-refractivity contribution in [1.82, 2.24) is 0 Å². The Bertz CT molecular complexity index is 575. The molecule has 0 spiro atoms. The van der Waals surface area contributed by atoms with E-state index in [0.29, 0.717) is 12.0 Å². The summed E-state index contributed by atoms with van der Waals surface area (Å²) in [6, 6.07) is 17.5. The molecule has 0 saturated carbocycles. The van der Waals surface area contributed by atoms with Crippen molar-refractivity contribution in [2.24, 2.45) is 0 Å². The SMILES string of the molecule is CCC(=N)C(=O)c1ccc(Sc2ccccc2)cc1. The van der Waals surface area contributed by atoms with Gasteiger partial charge < -0.3 is 5.41 Å². The minimum absolute atomic E-state index is 0.156. The standard InChI is InChI=1S/C16H15NOS/c1-2-15(17)16(18)12-8-10-14(11-9-12)19-13-6-4-3-5-7-13/h3-11,17H,2H2,1H3. The molecule has 0 aromatic heterocycles. The lowest BCUT2D eigenvalue weighted by molar-refractivity contribution is 0.106. The van der Waals surface area contributed by atoms with E-state index in [4.69, 9.17) is 5.41 Å². The second kappa shape index (κ2) is 6.34. The van der Waals surface area contributed by atoms with E-state index in [1.165, 1.54) is 4.90 Å². The summed E-state index contributed by atoms with van der Waals surface area (Å²) in [6.45, 7) is 1.82. The zero-order valence-electron chi connectivity index (χ0n) is 10.7. The first-order valence-corrected chi connectivity index (χ1v) is 6.97. The van der Waals surface area contributed by atoms with Gasteiger partial charge in [0.1, 0.15) is 0 Å². The van der Waals surface area contributed by atoms with Gasteiger partial charge in [0.25, 0.3) is 0 Å². The van der Waals surface area contributed by atoms with Gasteiger partial charge >= 0.3 is 0 Å². The first kappa shape index (κ1) is 13.6. The number of carbonyl (C=O) groups excluding carboxylic acids is 1. The van der Waals surface area contributed by atoms with Crippen molar-refractivity contribution >= 4 is 23.3 Å². The largest absolute Gasteiger partial charge is 0.301 e. The van der Waals surface area contributed by atoms with Crippen LogP contribution in [0.2, 0.25) is 0 Å². The number of benzene rings is 2. The normalized spacial score (nSPS) is 10.2. The van der Waals surface area contributed by atoms with Crippen molar-refractivity contribution in [2.75, 3.05) is 0 Å². The van der Waals surface area contributed by atoms with Crippen molar-refractivity contribution in [1.29, 1.82) is 5.41 Å². The zero-order valence-corrected chi connectivity index (χ0v) is 11.5. The number of rotatable bonds is 5. The summed E-state index contributed by atoms with van der Waals surface area (Å²) in [4.78, 5) is 14.1. The fourth-order valence-electron chi connectivity index (χ4n) is 1.63. The highest BCUT2D eigenvalue weighted by Crippen LogP contribution is 2.27. The van der Waals surface area contributed by atoms with Gasteiger partial charge in [-0.05, 0) is 42.8 Å². The second-order valence-electron chi connectivity index (χ2n) is 4.10. The van der Waals surface area contributed by atoms with Crippen molar-refractivity contribution in [2.45, 2.75) is 23.1 Å². The molecule has 0 amide bonds. The summed E-state index contributed by atoms with van der Waals surface area (Å²) in [6.07, 6.45) is 0.472. The van der Waals surface area contributed by atoms with Crippen LogP contribution in [0.5, 0.6) is 0 Å². The van der Waals surface area contributed by atoms with Crippen LogP contribution in [-0.4, -0.2) is 11.5 Å². The van der Waals surface area contributed by atoms with Gasteiger partial charge in [0.15, 0.2) is 0 Å². The fraction of sp³-hybridized carbons (Fsp3) is 0.125. The smallest absolute Gasteiger partial charge is 0.206 e. The summed E-state index contributed by atoms with van der Waals surface area (Å²) < 4.78 is 0. The molecule has 0 aliphatic heterocycles. The van der Waals surface area contributed by atoms with E-state index in [1.54, 1.807) is 23.9 Å². The molecule has 0 radical (unpaired) electrons. The van der Waals surface area contributed by atoms with Gasteiger partial charge in [-0.15, -0.1) is 0 Å². The van der Waals surface area contributed by atoms with Crippen molar-refractivity contribution in [3.05, 3.63) is 60.2 Å². The second-order valence-corrected chi connectivity index (χ2v) is 5.25. The highest BCUT2D eigenvalue weighted by atomic mass is 32.2.